The van der Waals surface area contributed by atoms with Crippen LogP contribution in [0.4, 0.5) is 4.79 Å². The van der Waals surface area contributed by atoms with E-state index in [1.807, 2.05) is 0 Å². The van der Waals surface area contributed by atoms with Crippen molar-refractivity contribution in [3.8, 4) is 0 Å². The maximum absolute atomic E-state index is 12.3. The predicted octanol–water partition coefficient (Wildman–Crippen LogP) is 1.16. The SMILES string of the molecule is Cc1noc(C)c1C(=O)N1CCC(NC(=O)O)CC1. The molecule has 104 valence electrons. The third-order valence-electron chi connectivity index (χ3n) is 3.36. The number of piperidine rings is 1. The minimum atomic E-state index is -1.02. The Kier molecular flexibility index (Phi) is 3.73. The number of carboxylic acid groups (broad SMARTS) is 1. The second kappa shape index (κ2) is 5.29. The Morgan fingerprint density at radius 2 is 2.00 bits per heavy atom. The van der Waals surface area contributed by atoms with Crippen molar-refractivity contribution >= 4 is 12.0 Å². The Morgan fingerprint density at radius 1 is 1.37 bits per heavy atom. The van der Waals surface area contributed by atoms with Crippen LogP contribution in [0, 0.1) is 13.8 Å². The fourth-order valence-electron chi connectivity index (χ4n) is 2.35. The molecule has 19 heavy (non-hydrogen) atoms. The van der Waals surface area contributed by atoms with Gasteiger partial charge >= 0.3 is 6.09 Å². The number of aromatic nitrogens is 1. The van der Waals surface area contributed by atoms with Crippen molar-refractivity contribution in [2.75, 3.05) is 13.1 Å². The van der Waals surface area contributed by atoms with Crippen LogP contribution < -0.4 is 5.32 Å². The summed E-state index contributed by atoms with van der Waals surface area (Å²) in [5, 5.41) is 14.9. The fraction of sp³-hybridized carbons (Fsp3) is 0.583. The highest BCUT2D eigenvalue weighted by atomic mass is 16.5. The molecular formula is C12H17N3O4. The van der Waals surface area contributed by atoms with E-state index >= 15 is 0 Å². The summed E-state index contributed by atoms with van der Waals surface area (Å²) in [5.74, 6) is 0.429. The Morgan fingerprint density at radius 3 is 2.47 bits per heavy atom. The van der Waals surface area contributed by atoms with Crippen molar-refractivity contribution in [1.29, 1.82) is 0 Å². The molecule has 1 aliphatic heterocycles. The molecule has 1 fully saturated rings. The minimum absolute atomic E-state index is 0.0776. The van der Waals surface area contributed by atoms with Gasteiger partial charge < -0.3 is 19.8 Å². The number of hydrogen-bond acceptors (Lipinski definition) is 4. The topological polar surface area (TPSA) is 95.7 Å². The van der Waals surface area contributed by atoms with E-state index in [4.69, 9.17) is 9.63 Å². The molecule has 0 saturated carbocycles. The number of carbonyl (C=O) groups excluding carboxylic acids is 1. The quantitative estimate of drug-likeness (QED) is 0.838. The molecule has 1 aliphatic rings. The molecule has 2 rings (SSSR count). The van der Waals surface area contributed by atoms with Crippen molar-refractivity contribution in [2.24, 2.45) is 0 Å². The predicted molar refractivity (Wildman–Crippen MR) is 66.1 cm³/mol. The van der Waals surface area contributed by atoms with Crippen LogP contribution in [0.2, 0.25) is 0 Å². The smallest absolute Gasteiger partial charge is 0.404 e. The summed E-state index contributed by atoms with van der Waals surface area (Å²) in [6, 6.07) is -0.0776. The van der Waals surface area contributed by atoms with E-state index in [1.165, 1.54) is 0 Å². The largest absolute Gasteiger partial charge is 0.465 e. The molecule has 7 heteroatoms. The van der Waals surface area contributed by atoms with Crippen molar-refractivity contribution in [3.63, 3.8) is 0 Å². The van der Waals surface area contributed by atoms with E-state index in [0.29, 0.717) is 42.9 Å². The lowest BCUT2D eigenvalue weighted by molar-refractivity contribution is 0.0703. The number of aryl methyl sites for hydroxylation is 2. The Labute approximate surface area is 110 Å². The number of nitrogens with one attached hydrogen (secondary N) is 1. The Balaban J connectivity index is 1.98. The first kappa shape index (κ1) is 13.4. The first-order valence-corrected chi connectivity index (χ1v) is 6.20. The second-order valence-corrected chi connectivity index (χ2v) is 4.72. The summed E-state index contributed by atoms with van der Waals surface area (Å²) in [6.07, 6.45) is 0.235. The first-order valence-electron chi connectivity index (χ1n) is 6.20. The van der Waals surface area contributed by atoms with E-state index < -0.39 is 6.09 Å². The van der Waals surface area contributed by atoms with Crippen LogP contribution in [-0.2, 0) is 0 Å². The van der Waals surface area contributed by atoms with Crippen LogP contribution in [0.1, 0.15) is 34.7 Å². The summed E-state index contributed by atoms with van der Waals surface area (Å²) < 4.78 is 4.99. The third kappa shape index (κ3) is 2.86. The number of nitrogens with zero attached hydrogens (tertiary/aromatic N) is 2. The molecule has 7 nitrogen and oxygen atoms in total. The third-order valence-corrected chi connectivity index (χ3v) is 3.36. The number of amides is 2. The van der Waals surface area contributed by atoms with Crippen molar-refractivity contribution < 1.29 is 19.2 Å². The van der Waals surface area contributed by atoms with E-state index in [0.717, 1.165) is 0 Å². The molecule has 2 heterocycles. The van der Waals surface area contributed by atoms with Gasteiger partial charge in [0.1, 0.15) is 11.3 Å². The van der Waals surface area contributed by atoms with Crippen LogP contribution in [0.3, 0.4) is 0 Å². The van der Waals surface area contributed by atoms with E-state index in [2.05, 4.69) is 10.5 Å². The van der Waals surface area contributed by atoms with Crippen LogP contribution in [-0.4, -0.2) is 46.3 Å². The van der Waals surface area contributed by atoms with E-state index in [1.54, 1.807) is 18.7 Å². The zero-order valence-electron chi connectivity index (χ0n) is 11.0. The molecule has 1 aromatic heterocycles. The summed E-state index contributed by atoms with van der Waals surface area (Å²) in [6.45, 7) is 4.52. The fourth-order valence-corrected chi connectivity index (χ4v) is 2.35. The van der Waals surface area contributed by atoms with Gasteiger partial charge in [-0.2, -0.15) is 0 Å². The van der Waals surface area contributed by atoms with Gasteiger partial charge in [0.05, 0.1) is 5.69 Å². The lowest BCUT2D eigenvalue weighted by atomic mass is 10.0. The minimum Gasteiger partial charge on any atom is -0.465 e. The number of rotatable bonds is 2. The molecule has 0 aromatic carbocycles. The zero-order valence-corrected chi connectivity index (χ0v) is 11.0. The number of carbonyl (C=O) groups is 2. The van der Waals surface area contributed by atoms with E-state index in [9.17, 15) is 9.59 Å². The van der Waals surface area contributed by atoms with E-state index in [-0.39, 0.29) is 11.9 Å². The van der Waals surface area contributed by atoms with Gasteiger partial charge in [-0.15, -0.1) is 0 Å². The van der Waals surface area contributed by atoms with Crippen LogP contribution >= 0.6 is 0 Å². The average Bonchev–Trinajstić information content (AvgIpc) is 2.68. The zero-order chi connectivity index (χ0) is 14.0. The molecule has 2 amide bonds. The maximum atomic E-state index is 12.3. The van der Waals surface area contributed by atoms with Gasteiger partial charge in [0.25, 0.3) is 5.91 Å². The lowest BCUT2D eigenvalue weighted by Gasteiger charge is -2.31. The molecule has 0 atom stereocenters. The van der Waals surface area contributed by atoms with Gasteiger partial charge in [0, 0.05) is 19.1 Å². The van der Waals surface area contributed by atoms with Crippen molar-refractivity contribution in [3.05, 3.63) is 17.0 Å². The summed E-state index contributed by atoms with van der Waals surface area (Å²) in [7, 11) is 0. The van der Waals surface area contributed by atoms with Gasteiger partial charge in [0.2, 0.25) is 0 Å². The standard InChI is InChI=1S/C12H17N3O4/c1-7-10(8(2)19-14-7)11(16)15-5-3-9(4-6-15)13-12(17)18/h9,13H,3-6H2,1-2H3,(H,17,18). The molecule has 0 spiro atoms. The summed E-state index contributed by atoms with van der Waals surface area (Å²) >= 11 is 0. The molecule has 1 saturated heterocycles. The molecule has 0 aliphatic carbocycles. The number of hydrogen-bond donors (Lipinski definition) is 2. The monoisotopic (exact) mass is 267 g/mol. The van der Waals surface area contributed by atoms with Gasteiger partial charge in [-0.05, 0) is 26.7 Å². The maximum Gasteiger partial charge on any atom is 0.404 e. The van der Waals surface area contributed by atoms with Crippen molar-refractivity contribution in [2.45, 2.75) is 32.7 Å². The highest BCUT2D eigenvalue weighted by Gasteiger charge is 2.27. The number of likely N-dealkylation sites (tertiary alicyclic amines) is 1. The first-order chi connectivity index (χ1) is 8.99. The normalized spacial score (nSPS) is 16.4. The van der Waals surface area contributed by atoms with Gasteiger partial charge in [-0.25, -0.2) is 4.79 Å². The Hall–Kier alpha value is -2.05. The van der Waals surface area contributed by atoms with Crippen LogP contribution in [0.5, 0.6) is 0 Å². The Bertz CT molecular complexity index is 470. The molecule has 1 aromatic rings. The van der Waals surface area contributed by atoms with Crippen LogP contribution in [0.15, 0.2) is 4.52 Å². The molecule has 0 unspecified atom stereocenters. The summed E-state index contributed by atoms with van der Waals surface area (Å²) in [5.41, 5.74) is 1.11. The summed E-state index contributed by atoms with van der Waals surface area (Å²) in [4.78, 5) is 24.6. The highest BCUT2D eigenvalue weighted by molar-refractivity contribution is 5.96. The second-order valence-electron chi connectivity index (χ2n) is 4.72. The van der Waals surface area contributed by atoms with Gasteiger partial charge in [-0.3, -0.25) is 4.79 Å². The molecule has 0 radical (unpaired) electrons. The van der Waals surface area contributed by atoms with Crippen molar-refractivity contribution in [1.82, 2.24) is 15.4 Å². The highest BCUT2D eigenvalue weighted by Crippen LogP contribution is 2.18. The molecular weight excluding hydrogens is 250 g/mol. The van der Waals surface area contributed by atoms with Gasteiger partial charge in [-0.1, -0.05) is 5.16 Å². The lowest BCUT2D eigenvalue weighted by Crippen LogP contribution is -2.46. The molecule has 0 bridgehead atoms. The van der Waals surface area contributed by atoms with Gasteiger partial charge in [0.15, 0.2) is 0 Å². The van der Waals surface area contributed by atoms with Crippen LogP contribution in [0.25, 0.3) is 0 Å². The molecule has 2 N–H and O–H groups in total. The average molecular weight is 267 g/mol.